The highest BCUT2D eigenvalue weighted by Crippen LogP contribution is 2.32. The second-order valence-electron chi connectivity index (χ2n) is 9.54. The van der Waals surface area contributed by atoms with Gasteiger partial charge in [0, 0.05) is 5.69 Å². The molecule has 0 unspecified atom stereocenters. The van der Waals surface area contributed by atoms with Crippen LogP contribution in [0.15, 0.2) is 93.9 Å². The van der Waals surface area contributed by atoms with Gasteiger partial charge in [-0.3, -0.25) is 14.2 Å². The normalized spacial score (nSPS) is 14.4. The zero-order chi connectivity index (χ0) is 30.3. The van der Waals surface area contributed by atoms with Gasteiger partial charge in [-0.2, -0.15) is 0 Å². The van der Waals surface area contributed by atoms with Crippen LogP contribution >= 0.6 is 11.3 Å². The molecule has 1 aliphatic rings. The lowest BCUT2D eigenvalue weighted by Gasteiger charge is -2.25. The molecule has 0 fully saturated rings. The van der Waals surface area contributed by atoms with Crippen molar-refractivity contribution in [1.29, 1.82) is 0 Å². The van der Waals surface area contributed by atoms with Crippen molar-refractivity contribution in [2.75, 3.05) is 25.1 Å². The molecule has 4 aromatic rings. The molecule has 0 saturated carbocycles. The number of fused-ring (bicyclic) bond motifs is 1. The number of hydrogen-bond acceptors (Lipinski definition) is 7. The van der Waals surface area contributed by atoms with Gasteiger partial charge in [0.05, 0.1) is 35.1 Å². The van der Waals surface area contributed by atoms with Crippen LogP contribution in [0.3, 0.4) is 0 Å². The minimum Gasteiger partial charge on any atom is -0.494 e. The molecule has 1 aliphatic heterocycles. The van der Waals surface area contributed by atoms with Crippen molar-refractivity contribution in [3.8, 4) is 29.6 Å². The fourth-order valence-electron chi connectivity index (χ4n) is 4.83. The number of allylic oxidation sites excluding steroid dienone is 1. The third-order valence-corrected chi connectivity index (χ3v) is 7.66. The summed E-state index contributed by atoms with van der Waals surface area (Å²) in [6, 6.07) is 21.4. The van der Waals surface area contributed by atoms with Gasteiger partial charge in [-0.15, -0.1) is 6.42 Å². The number of aromatic nitrogens is 1. The van der Waals surface area contributed by atoms with Crippen molar-refractivity contribution in [3.05, 3.63) is 115 Å². The molecule has 0 aliphatic carbocycles. The van der Waals surface area contributed by atoms with E-state index in [1.165, 1.54) is 11.3 Å². The second kappa shape index (κ2) is 13.3. The van der Waals surface area contributed by atoms with Crippen molar-refractivity contribution in [3.63, 3.8) is 0 Å². The number of benzene rings is 3. The Balaban J connectivity index is 1.62. The number of hydrogen-bond donors (Lipinski definition) is 1. The average Bonchev–Trinajstić information content (AvgIpc) is 3.31. The maximum absolute atomic E-state index is 14.0. The number of carbonyl (C=O) groups is 1. The molecule has 1 N–H and O–H groups in total. The van der Waals surface area contributed by atoms with Crippen molar-refractivity contribution in [2.45, 2.75) is 26.8 Å². The van der Waals surface area contributed by atoms with Gasteiger partial charge in [0.25, 0.3) is 11.5 Å². The van der Waals surface area contributed by atoms with Gasteiger partial charge in [-0.1, -0.05) is 53.7 Å². The minimum atomic E-state index is -0.698. The van der Waals surface area contributed by atoms with Crippen LogP contribution in [-0.2, 0) is 4.79 Å². The van der Waals surface area contributed by atoms with Crippen LogP contribution in [0.25, 0.3) is 6.08 Å². The van der Waals surface area contributed by atoms with E-state index in [1.54, 1.807) is 23.6 Å². The summed E-state index contributed by atoms with van der Waals surface area (Å²) in [4.78, 5) is 33.0. The molecule has 0 bridgehead atoms. The van der Waals surface area contributed by atoms with E-state index in [2.05, 4.69) is 11.2 Å². The van der Waals surface area contributed by atoms with Crippen molar-refractivity contribution < 1.29 is 19.0 Å². The number of nitrogens with one attached hydrogen (secondary N) is 1. The van der Waals surface area contributed by atoms with Gasteiger partial charge >= 0.3 is 0 Å². The molecule has 5 rings (SSSR count). The van der Waals surface area contributed by atoms with Crippen molar-refractivity contribution in [2.24, 2.45) is 4.99 Å². The van der Waals surface area contributed by atoms with E-state index in [0.717, 1.165) is 11.1 Å². The van der Waals surface area contributed by atoms with E-state index in [0.29, 0.717) is 56.8 Å². The van der Waals surface area contributed by atoms with E-state index in [4.69, 9.17) is 25.6 Å². The molecule has 9 heteroatoms. The van der Waals surface area contributed by atoms with Crippen LogP contribution in [-0.4, -0.2) is 30.3 Å². The summed E-state index contributed by atoms with van der Waals surface area (Å²) in [6.07, 6.45) is 7.13. The first kappa shape index (κ1) is 29.4. The summed E-state index contributed by atoms with van der Waals surface area (Å²) < 4.78 is 19.0. The van der Waals surface area contributed by atoms with Crippen molar-refractivity contribution >= 4 is 29.0 Å². The summed E-state index contributed by atoms with van der Waals surface area (Å²) in [7, 11) is 0. The van der Waals surface area contributed by atoms with Crippen LogP contribution in [0.2, 0.25) is 0 Å². The monoisotopic (exact) mass is 593 g/mol. The Hall–Kier alpha value is -5.07. The molecule has 3 aromatic carbocycles. The molecule has 218 valence electrons. The SMILES string of the molecule is C#CCOc1ccc(/C=c2\sc3n(c2=O)[C@H](c2ccc(OCC)cc2)C(C(=O)Nc2ccccc2)=C(C)N=3)cc1OCC. The van der Waals surface area contributed by atoms with Crippen LogP contribution < -0.4 is 34.4 Å². The average molecular weight is 594 g/mol. The molecule has 1 aromatic heterocycles. The molecule has 1 amide bonds. The fraction of sp³-hybridized carbons (Fsp3) is 0.206. The number of rotatable bonds is 10. The Bertz CT molecular complexity index is 1880. The zero-order valence-electron chi connectivity index (χ0n) is 24.1. The summed E-state index contributed by atoms with van der Waals surface area (Å²) in [5.74, 6) is 3.88. The quantitative estimate of drug-likeness (QED) is 0.270. The van der Waals surface area contributed by atoms with Gasteiger partial charge < -0.3 is 19.5 Å². The highest BCUT2D eigenvalue weighted by Gasteiger charge is 2.32. The van der Waals surface area contributed by atoms with E-state index >= 15 is 0 Å². The number of terminal acetylenes is 1. The molecule has 0 spiro atoms. The summed E-state index contributed by atoms with van der Waals surface area (Å²) in [5, 5.41) is 2.97. The lowest BCUT2D eigenvalue weighted by atomic mass is 9.95. The third-order valence-electron chi connectivity index (χ3n) is 6.68. The molecular weight excluding hydrogens is 562 g/mol. The van der Waals surface area contributed by atoms with E-state index in [1.807, 2.05) is 80.6 Å². The Morgan fingerprint density at radius 1 is 1.02 bits per heavy atom. The summed E-state index contributed by atoms with van der Waals surface area (Å²) in [5.41, 5.74) is 2.82. The molecular formula is C34H31N3O5S. The number of nitrogens with zero attached hydrogens (tertiary/aromatic N) is 2. The Kier molecular flexibility index (Phi) is 9.08. The van der Waals surface area contributed by atoms with Crippen LogP contribution in [0.5, 0.6) is 17.2 Å². The van der Waals surface area contributed by atoms with Crippen LogP contribution in [0.1, 0.15) is 37.9 Å². The van der Waals surface area contributed by atoms with Gasteiger partial charge in [0.15, 0.2) is 16.3 Å². The number of amides is 1. The maximum Gasteiger partial charge on any atom is 0.271 e. The number of anilines is 1. The Labute approximate surface area is 253 Å². The fourth-order valence-corrected chi connectivity index (χ4v) is 5.88. The predicted octanol–water partition coefficient (Wildman–Crippen LogP) is 4.68. The Morgan fingerprint density at radius 3 is 2.47 bits per heavy atom. The van der Waals surface area contributed by atoms with Crippen molar-refractivity contribution in [1.82, 2.24) is 4.57 Å². The van der Waals surface area contributed by atoms with E-state index in [-0.39, 0.29) is 18.1 Å². The predicted molar refractivity (Wildman–Crippen MR) is 168 cm³/mol. The van der Waals surface area contributed by atoms with E-state index < -0.39 is 6.04 Å². The first-order valence-electron chi connectivity index (χ1n) is 13.9. The number of ether oxygens (including phenoxy) is 3. The second-order valence-corrected chi connectivity index (χ2v) is 10.5. The summed E-state index contributed by atoms with van der Waals surface area (Å²) in [6.45, 7) is 6.67. The highest BCUT2D eigenvalue weighted by molar-refractivity contribution is 7.07. The van der Waals surface area contributed by atoms with Gasteiger partial charge in [-0.05, 0) is 74.4 Å². The topological polar surface area (TPSA) is 91.2 Å². The van der Waals surface area contributed by atoms with Gasteiger partial charge in [0.1, 0.15) is 12.4 Å². The molecule has 43 heavy (non-hydrogen) atoms. The molecule has 2 heterocycles. The molecule has 8 nitrogen and oxygen atoms in total. The number of thiazole rings is 1. The lowest BCUT2D eigenvalue weighted by Crippen LogP contribution is -2.40. The largest absolute Gasteiger partial charge is 0.494 e. The number of para-hydroxylation sites is 1. The van der Waals surface area contributed by atoms with Crippen LogP contribution in [0.4, 0.5) is 5.69 Å². The molecule has 0 radical (unpaired) electrons. The van der Waals surface area contributed by atoms with Gasteiger partial charge in [0.2, 0.25) is 0 Å². The standard InChI is InChI=1S/C34H31N3O5S/c1-5-19-42-27-18-13-23(20-28(27)41-7-3)21-29-33(39)37-31(24-14-16-26(17-15-24)40-6-2)30(22(4)35-34(37)43-29)32(38)36-25-11-9-8-10-12-25/h1,8-18,20-21,31H,6-7,19H2,2-4H3,(H,36,38)/b29-21-/t31-/m1/s1. The number of carbonyl (C=O) groups excluding carboxylic acids is 1. The minimum absolute atomic E-state index is 0.114. The highest BCUT2D eigenvalue weighted by atomic mass is 32.1. The molecule has 1 atom stereocenters. The molecule has 0 saturated heterocycles. The summed E-state index contributed by atoms with van der Waals surface area (Å²) >= 11 is 1.26. The Morgan fingerprint density at radius 2 is 1.77 bits per heavy atom. The lowest BCUT2D eigenvalue weighted by molar-refractivity contribution is -0.113. The van der Waals surface area contributed by atoms with E-state index in [9.17, 15) is 9.59 Å². The van der Waals surface area contributed by atoms with Gasteiger partial charge in [-0.25, -0.2) is 4.99 Å². The maximum atomic E-state index is 14.0. The smallest absolute Gasteiger partial charge is 0.271 e. The first-order chi connectivity index (χ1) is 20.9. The third kappa shape index (κ3) is 6.40. The van der Waals surface area contributed by atoms with Crippen LogP contribution in [0, 0.1) is 12.3 Å². The first-order valence-corrected chi connectivity index (χ1v) is 14.7. The zero-order valence-corrected chi connectivity index (χ0v) is 24.9.